The first-order valence-corrected chi connectivity index (χ1v) is 6.39. The minimum atomic E-state index is 0.650. The van der Waals surface area contributed by atoms with Crippen LogP contribution in [0.5, 0.6) is 0 Å². The molecule has 0 aliphatic heterocycles. The molecule has 3 aromatic heterocycles. The summed E-state index contributed by atoms with van der Waals surface area (Å²) in [5, 5.41) is 5.60. The van der Waals surface area contributed by atoms with Gasteiger partial charge in [0.2, 0.25) is 0 Å². The van der Waals surface area contributed by atoms with Crippen LogP contribution in [0.25, 0.3) is 11.0 Å². The molecule has 0 unspecified atom stereocenters. The van der Waals surface area contributed by atoms with Crippen LogP contribution in [0.3, 0.4) is 0 Å². The van der Waals surface area contributed by atoms with E-state index < -0.39 is 0 Å². The molecule has 98 valence electrons. The quantitative estimate of drug-likeness (QED) is 0.764. The number of fused-ring (bicyclic) bond motifs is 1. The second-order valence-electron chi connectivity index (χ2n) is 4.68. The van der Waals surface area contributed by atoms with E-state index in [-0.39, 0.29) is 0 Å². The van der Waals surface area contributed by atoms with Gasteiger partial charge in [-0.25, -0.2) is 4.98 Å². The normalized spacial score (nSPS) is 11.3. The van der Waals surface area contributed by atoms with Crippen molar-refractivity contribution in [3.63, 3.8) is 0 Å². The molecule has 0 aliphatic rings. The third kappa shape index (κ3) is 2.24. The highest BCUT2D eigenvalue weighted by molar-refractivity contribution is 5.80. The summed E-state index contributed by atoms with van der Waals surface area (Å²) in [5.41, 5.74) is 8.95. The van der Waals surface area contributed by atoms with Gasteiger partial charge in [0.05, 0.1) is 12.2 Å². The fourth-order valence-electron chi connectivity index (χ4n) is 2.39. The topological polar surface area (TPSA) is 61.7 Å². The van der Waals surface area contributed by atoms with Crippen molar-refractivity contribution in [1.29, 1.82) is 0 Å². The third-order valence-corrected chi connectivity index (χ3v) is 3.23. The highest BCUT2D eigenvalue weighted by atomic mass is 15.3. The first kappa shape index (κ1) is 11.9. The molecule has 3 rings (SSSR count). The molecule has 5 nitrogen and oxygen atoms in total. The van der Waals surface area contributed by atoms with Gasteiger partial charge in [-0.2, -0.15) is 5.10 Å². The lowest BCUT2D eigenvalue weighted by atomic mass is 10.2. The molecule has 3 aromatic rings. The molecule has 0 saturated heterocycles. The maximum Gasteiger partial charge on any atom is 0.140 e. The Bertz CT molecular complexity index is 695. The van der Waals surface area contributed by atoms with E-state index in [4.69, 9.17) is 5.73 Å². The maximum atomic E-state index is 5.67. The van der Waals surface area contributed by atoms with Gasteiger partial charge in [-0.05, 0) is 36.7 Å². The summed E-state index contributed by atoms with van der Waals surface area (Å²) in [4.78, 5) is 4.47. The monoisotopic (exact) mass is 255 g/mol. The molecule has 0 radical (unpaired) electrons. The smallest absolute Gasteiger partial charge is 0.140 e. The Morgan fingerprint density at radius 2 is 2.21 bits per heavy atom. The van der Waals surface area contributed by atoms with E-state index in [2.05, 4.69) is 26.9 Å². The molecular formula is C14H17N5. The van der Waals surface area contributed by atoms with E-state index >= 15 is 0 Å². The molecule has 0 amide bonds. The summed E-state index contributed by atoms with van der Waals surface area (Å²) in [6.45, 7) is 1.39. The first-order chi connectivity index (χ1) is 9.28. The van der Waals surface area contributed by atoms with Crippen LogP contribution in [-0.4, -0.2) is 25.9 Å². The number of nitrogens with two attached hydrogens (primary N) is 1. The first-order valence-electron chi connectivity index (χ1n) is 6.39. The molecule has 5 heteroatoms. The van der Waals surface area contributed by atoms with Crippen LogP contribution in [0.4, 0.5) is 0 Å². The summed E-state index contributed by atoms with van der Waals surface area (Å²) < 4.78 is 3.96. The van der Waals surface area contributed by atoms with Crippen molar-refractivity contribution in [2.45, 2.75) is 13.0 Å². The number of hydrogen-bond donors (Lipinski definition) is 1. The van der Waals surface area contributed by atoms with Crippen LogP contribution >= 0.6 is 0 Å². The lowest BCUT2D eigenvalue weighted by molar-refractivity contribution is 0.713. The largest absolute Gasteiger partial charge is 0.330 e. The third-order valence-electron chi connectivity index (χ3n) is 3.23. The molecule has 0 spiro atoms. The van der Waals surface area contributed by atoms with Gasteiger partial charge < -0.3 is 10.3 Å². The number of aromatic nitrogens is 4. The predicted molar refractivity (Wildman–Crippen MR) is 74.8 cm³/mol. The highest BCUT2D eigenvalue weighted by Crippen LogP contribution is 2.20. The van der Waals surface area contributed by atoms with Crippen LogP contribution < -0.4 is 5.73 Å². The van der Waals surface area contributed by atoms with E-state index in [1.54, 1.807) is 0 Å². The SMILES string of the molecule is Cn1ccc(Cn2cc(CCN)c3cccnc32)n1. The van der Waals surface area contributed by atoms with Gasteiger partial charge in [-0.1, -0.05) is 0 Å². The Hall–Kier alpha value is -2.14. The van der Waals surface area contributed by atoms with Gasteiger partial charge in [0.1, 0.15) is 5.65 Å². The van der Waals surface area contributed by atoms with Crippen molar-refractivity contribution in [3.8, 4) is 0 Å². The molecule has 0 atom stereocenters. The fraction of sp³-hybridized carbons (Fsp3) is 0.286. The Morgan fingerprint density at radius 3 is 2.95 bits per heavy atom. The fourth-order valence-corrected chi connectivity index (χ4v) is 2.39. The molecule has 0 fully saturated rings. The minimum Gasteiger partial charge on any atom is -0.330 e. The summed E-state index contributed by atoms with van der Waals surface area (Å²) in [6, 6.07) is 6.09. The van der Waals surface area contributed by atoms with Gasteiger partial charge in [-0.15, -0.1) is 0 Å². The lowest BCUT2D eigenvalue weighted by Crippen LogP contribution is -2.02. The van der Waals surface area contributed by atoms with Crippen molar-refractivity contribution in [1.82, 2.24) is 19.3 Å². The summed E-state index contributed by atoms with van der Waals surface area (Å²) in [6.07, 6.45) is 6.79. The van der Waals surface area contributed by atoms with Crippen molar-refractivity contribution in [2.24, 2.45) is 12.8 Å². The lowest BCUT2D eigenvalue weighted by Gasteiger charge is -2.01. The molecule has 0 aliphatic carbocycles. The molecule has 0 bridgehead atoms. The van der Waals surface area contributed by atoms with Gasteiger partial charge in [0, 0.05) is 31.0 Å². The average molecular weight is 255 g/mol. The Morgan fingerprint density at radius 1 is 1.32 bits per heavy atom. The maximum absolute atomic E-state index is 5.67. The minimum absolute atomic E-state index is 0.650. The zero-order valence-electron chi connectivity index (χ0n) is 11.0. The summed E-state index contributed by atoms with van der Waals surface area (Å²) in [5.74, 6) is 0. The van der Waals surface area contributed by atoms with Crippen LogP contribution in [0.2, 0.25) is 0 Å². The molecule has 2 N–H and O–H groups in total. The second-order valence-corrected chi connectivity index (χ2v) is 4.68. The Kier molecular flexibility index (Phi) is 3.05. The highest BCUT2D eigenvalue weighted by Gasteiger charge is 2.09. The summed E-state index contributed by atoms with van der Waals surface area (Å²) >= 11 is 0. The number of nitrogens with zero attached hydrogens (tertiary/aromatic N) is 4. The zero-order chi connectivity index (χ0) is 13.2. The number of aryl methyl sites for hydroxylation is 1. The van der Waals surface area contributed by atoms with Gasteiger partial charge >= 0.3 is 0 Å². The van der Waals surface area contributed by atoms with E-state index in [1.165, 1.54) is 10.9 Å². The predicted octanol–water partition coefficient (Wildman–Crippen LogP) is 1.32. The molecule has 0 saturated carbocycles. The molecule has 0 aromatic carbocycles. The van der Waals surface area contributed by atoms with Crippen LogP contribution in [0.15, 0.2) is 36.8 Å². The molecule has 19 heavy (non-hydrogen) atoms. The number of pyridine rings is 1. The van der Waals surface area contributed by atoms with E-state index in [1.807, 2.05) is 36.3 Å². The molecule has 3 heterocycles. The van der Waals surface area contributed by atoms with E-state index in [0.29, 0.717) is 6.54 Å². The number of hydrogen-bond acceptors (Lipinski definition) is 3. The summed E-state index contributed by atoms with van der Waals surface area (Å²) in [7, 11) is 1.93. The number of rotatable bonds is 4. The van der Waals surface area contributed by atoms with Crippen LogP contribution in [-0.2, 0) is 20.0 Å². The average Bonchev–Trinajstić information content (AvgIpc) is 2.97. The van der Waals surface area contributed by atoms with Crippen molar-refractivity contribution < 1.29 is 0 Å². The van der Waals surface area contributed by atoms with E-state index in [9.17, 15) is 0 Å². The van der Waals surface area contributed by atoms with Gasteiger partial charge in [0.25, 0.3) is 0 Å². The standard InChI is InChI=1S/C14H17N5/c1-18-8-5-12(17-18)10-19-9-11(4-6-15)13-3-2-7-16-14(13)19/h2-3,5,7-9H,4,6,10,15H2,1H3. The van der Waals surface area contributed by atoms with Gasteiger partial charge in [0.15, 0.2) is 0 Å². The Labute approximate surface area is 111 Å². The van der Waals surface area contributed by atoms with Crippen LogP contribution in [0.1, 0.15) is 11.3 Å². The van der Waals surface area contributed by atoms with Crippen LogP contribution in [0, 0.1) is 0 Å². The Balaban J connectivity index is 2.03. The van der Waals surface area contributed by atoms with Crippen molar-refractivity contribution >= 4 is 11.0 Å². The van der Waals surface area contributed by atoms with Crippen molar-refractivity contribution in [3.05, 3.63) is 48.0 Å². The van der Waals surface area contributed by atoms with Crippen molar-refractivity contribution in [2.75, 3.05) is 6.54 Å². The molecular weight excluding hydrogens is 238 g/mol. The van der Waals surface area contributed by atoms with E-state index in [0.717, 1.165) is 24.3 Å². The van der Waals surface area contributed by atoms with Gasteiger partial charge in [-0.3, -0.25) is 4.68 Å². The zero-order valence-corrected chi connectivity index (χ0v) is 11.0. The second kappa shape index (κ2) is 4.85.